The van der Waals surface area contributed by atoms with Crippen molar-refractivity contribution in [1.82, 2.24) is 4.31 Å². The number of sulfonamides is 1. The van der Waals surface area contributed by atoms with E-state index in [2.05, 4.69) is 0 Å². The second-order valence-corrected chi connectivity index (χ2v) is 6.11. The minimum Gasteiger partial charge on any atom is -0.396 e. The molecule has 102 valence electrons. The number of hydrogen-bond donors (Lipinski definition) is 1. The molecule has 2 N–H and O–H groups in total. The Morgan fingerprint density at radius 2 is 2.00 bits per heavy atom. The molecular weight excluding hydrogens is 279 g/mol. The normalized spacial score (nSPS) is 12.1. The van der Waals surface area contributed by atoms with E-state index in [0.717, 1.165) is 12.1 Å². The highest BCUT2D eigenvalue weighted by Crippen LogP contribution is 2.28. The van der Waals surface area contributed by atoms with Gasteiger partial charge in [-0.15, -0.1) is 0 Å². The lowest BCUT2D eigenvalue weighted by Crippen LogP contribution is -2.31. The van der Waals surface area contributed by atoms with E-state index >= 15 is 0 Å². The van der Waals surface area contributed by atoms with E-state index in [9.17, 15) is 12.8 Å². The fourth-order valence-electron chi connectivity index (χ4n) is 1.58. The van der Waals surface area contributed by atoms with Crippen molar-refractivity contribution in [2.24, 2.45) is 0 Å². The van der Waals surface area contributed by atoms with Crippen LogP contribution in [0.2, 0.25) is 5.02 Å². The molecule has 0 saturated heterocycles. The van der Waals surface area contributed by atoms with Crippen molar-refractivity contribution >= 4 is 27.3 Å². The second-order valence-electron chi connectivity index (χ2n) is 3.80. The van der Waals surface area contributed by atoms with Gasteiger partial charge < -0.3 is 5.73 Å². The molecule has 0 bridgehead atoms. The summed E-state index contributed by atoms with van der Waals surface area (Å²) in [5.74, 6) is -0.725. The molecule has 1 aromatic rings. The number of nitrogens with two attached hydrogens (primary N) is 1. The Kier molecular flexibility index (Phi) is 4.95. The molecular formula is C11H16ClFN2O2S. The Morgan fingerprint density at radius 3 is 2.50 bits per heavy atom. The molecule has 0 spiro atoms. The Morgan fingerprint density at radius 1 is 1.39 bits per heavy atom. The monoisotopic (exact) mass is 294 g/mol. The molecule has 4 nitrogen and oxygen atoms in total. The largest absolute Gasteiger partial charge is 0.396 e. The first-order chi connectivity index (χ1) is 8.34. The quantitative estimate of drug-likeness (QED) is 0.849. The predicted octanol–water partition coefficient (Wildman–Crippen LogP) is 2.48. The van der Waals surface area contributed by atoms with E-state index in [1.54, 1.807) is 6.92 Å². The number of benzene rings is 1. The van der Waals surface area contributed by atoms with E-state index < -0.39 is 15.8 Å². The molecule has 0 saturated carbocycles. The highest BCUT2D eigenvalue weighted by molar-refractivity contribution is 7.89. The van der Waals surface area contributed by atoms with Crippen LogP contribution in [0.15, 0.2) is 17.0 Å². The molecule has 0 unspecified atom stereocenters. The third-order valence-electron chi connectivity index (χ3n) is 2.49. The fraction of sp³-hybridized carbons (Fsp3) is 0.455. The van der Waals surface area contributed by atoms with Gasteiger partial charge in [-0.2, -0.15) is 4.31 Å². The molecule has 18 heavy (non-hydrogen) atoms. The first-order valence-electron chi connectivity index (χ1n) is 5.59. The van der Waals surface area contributed by atoms with Gasteiger partial charge in [0.15, 0.2) is 0 Å². The molecule has 1 rings (SSSR count). The predicted molar refractivity (Wildman–Crippen MR) is 70.5 cm³/mol. The van der Waals surface area contributed by atoms with Crippen molar-refractivity contribution in [3.05, 3.63) is 23.0 Å². The smallest absolute Gasteiger partial charge is 0.244 e. The van der Waals surface area contributed by atoms with Gasteiger partial charge in [0.25, 0.3) is 0 Å². The van der Waals surface area contributed by atoms with Crippen LogP contribution in [0.5, 0.6) is 0 Å². The second kappa shape index (κ2) is 5.86. The Balaban J connectivity index is 3.32. The van der Waals surface area contributed by atoms with E-state index in [0.29, 0.717) is 19.5 Å². The summed E-state index contributed by atoms with van der Waals surface area (Å²) in [6, 6.07) is 1.98. The van der Waals surface area contributed by atoms with Crippen LogP contribution in [0, 0.1) is 5.82 Å². The maximum Gasteiger partial charge on any atom is 0.244 e. The Bertz CT molecular complexity index is 534. The van der Waals surface area contributed by atoms with Crippen LogP contribution in [0.3, 0.4) is 0 Å². The topological polar surface area (TPSA) is 63.4 Å². The standard InChI is InChI=1S/C11H16ClFN2O2S/c1-3-5-15(4-2)18(16,17)11-7-10(14)9(13)6-8(11)12/h6-7H,3-5,14H2,1-2H3. The van der Waals surface area contributed by atoms with Gasteiger partial charge in [-0.3, -0.25) is 0 Å². The van der Waals surface area contributed by atoms with Crippen molar-refractivity contribution in [1.29, 1.82) is 0 Å². The van der Waals surface area contributed by atoms with Gasteiger partial charge in [0.2, 0.25) is 10.0 Å². The van der Waals surface area contributed by atoms with Gasteiger partial charge in [0, 0.05) is 13.1 Å². The molecule has 0 amide bonds. The van der Waals surface area contributed by atoms with Crippen LogP contribution >= 0.6 is 11.6 Å². The zero-order valence-corrected chi connectivity index (χ0v) is 11.9. The van der Waals surface area contributed by atoms with Gasteiger partial charge in [-0.25, -0.2) is 12.8 Å². The minimum atomic E-state index is -3.73. The van der Waals surface area contributed by atoms with Gasteiger partial charge in [0.05, 0.1) is 10.7 Å². The number of rotatable bonds is 5. The number of halogens is 2. The van der Waals surface area contributed by atoms with E-state index in [1.165, 1.54) is 4.31 Å². The summed E-state index contributed by atoms with van der Waals surface area (Å²) in [4.78, 5) is -0.154. The lowest BCUT2D eigenvalue weighted by Gasteiger charge is -2.20. The van der Waals surface area contributed by atoms with Crippen molar-refractivity contribution in [2.45, 2.75) is 25.2 Å². The Labute approximate surface area is 112 Å². The SMILES string of the molecule is CCCN(CC)S(=O)(=O)c1cc(N)c(F)cc1Cl. The molecule has 0 fully saturated rings. The fourth-order valence-corrected chi connectivity index (χ4v) is 3.64. The van der Waals surface area contributed by atoms with E-state index in [-0.39, 0.29) is 15.6 Å². The summed E-state index contributed by atoms with van der Waals surface area (Å²) in [5.41, 5.74) is 5.15. The van der Waals surface area contributed by atoms with Crippen molar-refractivity contribution in [3.8, 4) is 0 Å². The molecule has 0 aromatic heterocycles. The highest BCUT2D eigenvalue weighted by atomic mass is 35.5. The maximum absolute atomic E-state index is 13.2. The first kappa shape index (κ1) is 15.2. The Hall–Kier alpha value is -0.850. The van der Waals surface area contributed by atoms with Crippen LogP contribution < -0.4 is 5.73 Å². The van der Waals surface area contributed by atoms with Crippen molar-refractivity contribution in [2.75, 3.05) is 18.8 Å². The summed E-state index contributed by atoms with van der Waals surface area (Å²) in [5, 5.41) is -0.156. The number of nitrogens with zero attached hydrogens (tertiary/aromatic N) is 1. The van der Waals surface area contributed by atoms with Crippen molar-refractivity contribution in [3.63, 3.8) is 0 Å². The van der Waals surface area contributed by atoms with Crippen LogP contribution in [-0.4, -0.2) is 25.8 Å². The minimum absolute atomic E-state index is 0.154. The maximum atomic E-state index is 13.2. The van der Waals surface area contributed by atoms with Crippen LogP contribution in [0.1, 0.15) is 20.3 Å². The molecule has 0 radical (unpaired) electrons. The van der Waals surface area contributed by atoms with Gasteiger partial charge in [-0.1, -0.05) is 25.4 Å². The van der Waals surface area contributed by atoms with Crippen LogP contribution in [0.25, 0.3) is 0 Å². The molecule has 0 atom stereocenters. The van der Waals surface area contributed by atoms with E-state index in [1.807, 2.05) is 6.92 Å². The molecule has 1 aromatic carbocycles. The third-order valence-corrected chi connectivity index (χ3v) is 4.93. The van der Waals surface area contributed by atoms with Gasteiger partial charge in [0.1, 0.15) is 10.7 Å². The first-order valence-corrected chi connectivity index (χ1v) is 7.41. The van der Waals surface area contributed by atoms with Crippen LogP contribution in [-0.2, 0) is 10.0 Å². The van der Waals surface area contributed by atoms with Gasteiger partial charge >= 0.3 is 0 Å². The lowest BCUT2D eigenvalue weighted by atomic mass is 10.3. The summed E-state index contributed by atoms with van der Waals surface area (Å²) in [7, 11) is -3.73. The van der Waals surface area contributed by atoms with Gasteiger partial charge in [-0.05, 0) is 18.6 Å². The lowest BCUT2D eigenvalue weighted by molar-refractivity contribution is 0.427. The average molecular weight is 295 g/mol. The molecule has 0 aliphatic rings. The third kappa shape index (κ3) is 2.93. The summed E-state index contributed by atoms with van der Waals surface area (Å²) in [6.07, 6.45) is 0.682. The summed E-state index contributed by atoms with van der Waals surface area (Å²) < 4.78 is 39.0. The molecule has 0 aliphatic carbocycles. The molecule has 7 heteroatoms. The number of anilines is 1. The number of nitrogen functional groups attached to an aromatic ring is 1. The van der Waals surface area contributed by atoms with Crippen molar-refractivity contribution < 1.29 is 12.8 Å². The van der Waals surface area contributed by atoms with Crippen LogP contribution in [0.4, 0.5) is 10.1 Å². The number of hydrogen-bond acceptors (Lipinski definition) is 3. The molecule has 0 heterocycles. The highest BCUT2D eigenvalue weighted by Gasteiger charge is 2.26. The van der Waals surface area contributed by atoms with E-state index in [4.69, 9.17) is 17.3 Å². The average Bonchev–Trinajstić information content (AvgIpc) is 2.30. The zero-order chi connectivity index (χ0) is 13.9. The summed E-state index contributed by atoms with van der Waals surface area (Å²) in [6.45, 7) is 4.31. The summed E-state index contributed by atoms with van der Waals surface area (Å²) >= 11 is 5.79. The zero-order valence-electron chi connectivity index (χ0n) is 10.3. The molecule has 0 aliphatic heterocycles.